The maximum Gasteiger partial charge on any atom is 0.302 e. The molecular formula is C10H11BrFN3O3S. The van der Waals surface area contributed by atoms with Crippen molar-refractivity contribution in [3.63, 3.8) is 0 Å². The molecule has 1 aliphatic heterocycles. The standard InChI is InChI=1S/C10H11BrFN3O3S/c1-6-8(11)3-13-10(14-6)15-4-7(2-9(15)16)5-19(12,17)18/h3,7H,2,4-5H2,1H3. The van der Waals surface area contributed by atoms with Gasteiger partial charge in [-0.15, -0.1) is 3.89 Å². The molecule has 104 valence electrons. The Morgan fingerprint density at radius 1 is 1.58 bits per heavy atom. The zero-order valence-corrected chi connectivity index (χ0v) is 12.4. The highest BCUT2D eigenvalue weighted by molar-refractivity contribution is 9.10. The highest BCUT2D eigenvalue weighted by Gasteiger charge is 2.35. The van der Waals surface area contributed by atoms with E-state index in [4.69, 9.17) is 0 Å². The largest absolute Gasteiger partial charge is 0.302 e. The topological polar surface area (TPSA) is 80.2 Å². The van der Waals surface area contributed by atoms with Crippen LogP contribution in [0.2, 0.25) is 0 Å². The Kier molecular flexibility index (Phi) is 3.86. The zero-order chi connectivity index (χ0) is 14.2. The summed E-state index contributed by atoms with van der Waals surface area (Å²) in [4.78, 5) is 21.2. The summed E-state index contributed by atoms with van der Waals surface area (Å²) in [6.45, 7) is 1.86. The molecule has 2 rings (SSSR count). The van der Waals surface area contributed by atoms with Crippen molar-refractivity contribution >= 4 is 38.0 Å². The molecule has 1 saturated heterocycles. The van der Waals surface area contributed by atoms with Crippen LogP contribution in [-0.4, -0.2) is 36.6 Å². The summed E-state index contributed by atoms with van der Waals surface area (Å²) >= 11 is 3.25. The molecule has 6 nitrogen and oxygen atoms in total. The minimum atomic E-state index is -4.58. The number of rotatable bonds is 3. The molecule has 1 aliphatic rings. The number of hydrogen-bond donors (Lipinski definition) is 0. The predicted molar refractivity (Wildman–Crippen MR) is 69.8 cm³/mol. The number of hydrogen-bond acceptors (Lipinski definition) is 5. The van der Waals surface area contributed by atoms with Crippen LogP contribution in [0.4, 0.5) is 9.83 Å². The van der Waals surface area contributed by atoms with Gasteiger partial charge < -0.3 is 0 Å². The zero-order valence-electron chi connectivity index (χ0n) is 10.0. The van der Waals surface area contributed by atoms with Gasteiger partial charge in [-0.25, -0.2) is 9.97 Å². The third-order valence-electron chi connectivity index (χ3n) is 2.79. The first kappa shape index (κ1) is 14.3. The smallest absolute Gasteiger partial charge is 0.280 e. The summed E-state index contributed by atoms with van der Waals surface area (Å²) < 4.78 is 34.5. The molecule has 0 bridgehead atoms. The Labute approximate surface area is 118 Å². The van der Waals surface area contributed by atoms with Crippen LogP contribution in [0.3, 0.4) is 0 Å². The van der Waals surface area contributed by atoms with Gasteiger partial charge in [-0.3, -0.25) is 9.69 Å². The van der Waals surface area contributed by atoms with Crippen molar-refractivity contribution in [2.24, 2.45) is 5.92 Å². The maximum atomic E-state index is 12.6. The van der Waals surface area contributed by atoms with Crippen molar-refractivity contribution in [1.29, 1.82) is 0 Å². The molecule has 9 heteroatoms. The maximum absolute atomic E-state index is 12.6. The summed E-state index contributed by atoms with van der Waals surface area (Å²) in [5.41, 5.74) is 0.666. The van der Waals surface area contributed by atoms with Crippen molar-refractivity contribution in [2.75, 3.05) is 17.2 Å². The van der Waals surface area contributed by atoms with Crippen molar-refractivity contribution in [3.8, 4) is 0 Å². The molecule has 1 unspecified atom stereocenters. The molecule has 1 aromatic heterocycles. The average Bonchev–Trinajstić information content (AvgIpc) is 2.61. The molecule has 1 aromatic rings. The number of amides is 1. The molecule has 0 aromatic carbocycles. The number of halogens is 2. The fourth-order valence-electron chi connectivity index (χ4n) is 1.94. The quantitative estimate of drug-likeness (QED) is 0.764. The van der Waals surface area contributed by atoms with E-state index >= 15 is 0 Å². The highest BCUT2D eigenvalue weighted by Crippen LogP contribution is 2.25. The van der Waals surface area contributed by atoms with Gasteiger partial charge in [-0.2, -0.15) is 8.42 Å². The molecule has 0 saturated carbocycles. The van der Waals surface area contributed by atoms with Gasteiger partial charge in [0, 0.05) is 25.1 Å². The lowest BCUT2D eigenvalue weighted by molar-refractivity contribution is -0.117. The van der Waals surface area contributed by atoms with Crippen molar-refractivity contribution in [3.05, 3.63) is 16.4 Å². The number of nitrogens with zero attached hydrogens (tertiary/aromatic N) is 3. The van der Waals surface area contributed by atoms with Gasteiger partial charge in [-0.05, 0) is 22.9 Å². The van der Waals surface area contributed by atoms with Gasteiger partial charge in [0.05, 0.1) is 15.9 Å². The van der Waals surface area contributed by atoms with E-state index in [9.17, 15) is 17.1 Å². The number of carbonyl (C=O) groups excluding carboxylic acids is 1. The van der Waals surface area contributed by atoms with E-state index < -0.39 is 21.9 Å². The van der Waals surface area contributed by atoms with E-state index in [1.54, 1.807) is 6.92 Å². The Hall–Kier alpha value is -1.09. The van der Waals surface area contributed by atoms with Crippen LogP contribution < -0.4 is 4.90 Å². The molecule has 19 heavy (non-hydrogen) atoms. The fraction of sp³-hybridized carbons (Fsp3) is 0.500. The molecular weight excluding hydrogens is 341 g/mol. The van der Waals surface area contributed by atoms with Gasteiger partial charge in [0.1, 0.15) is 0 Å². The molecule has 1 fully saturated rings. The van der Waals surface area contributed by atoms with Crippen LogP contribution in [0.1, 0.15) is 12.1 Å². The molecule has 0 N–H and O–H groups in total. The van der Waals surface area contributed by atoms with Gasteiger partial charge in [0.15, 0.2) is 0 Å². The predicted octanol–water partition coefficient (Wildman–Crippen LogP) is 1.20. The van der Waals surface area contributed by atoms with Crippen molar-refractivity contribution < 1.29 is 17.1 Å². The van der Waals surface area contributed by atoms with Crippen LogP contribution in [0.15, 0.2) is 10.7 Å². The monoisotopic (exact) mass is 351 g/mol. The first-order valence-electron chi connectivity index (χ1n) is 5.48. The summed E-state index contributed by atoms with van der Waals surface area (Å²) in [6.07, 6.45) is 1.51. The third-order valence-corrected chi connectivity index (χ3v) is 4.44. The summed E-state index contributed by atoms with van der Waals surface area (Å²) in [7, 11) is -4.58. The fourth-order valence-corrected chi connectivity index (χ4v) is 2.92. The van der Waals surface area contributed by atoms with Crippen LogP contribution in [0, 0.1) is 12.8 Å². The summed E-state index contributed by atoms with van der Waals surface area (Å²) in [5, 5.41) is 0. The lowest BCUT2D eigenvalue weighted by Gasteiger charge is -2.14. The Morgan fingerprint density at radius 3 is 2.84 bits per heavy atom. The van der Waals surface area contributed by atoms with Crippen LogP contribution >= 0.6 is 15.9 Å². The molecule has 0 spiro atoms. The first-order valence-corrected chi connectivity index (χ1v) is 7.82. The minimum absolute atomic E-state index is 0.0123. The van der Waals surface area contributed by atoms with E-state index in [-0.39, 0.29) is 24.8 Å². The molecule has 1 amide bonds. The Bertz CT molecular complexity index is 622. The second kappa shape index (κ2) is 5.12. The van der Waals surface area contributed by atoms with E-state index in [2.05, 4.69) is 25.9 Å². The highest BCUT2D eigenvalue weighted by atomic mass is 79.9. The molecule has 0 aliphatic carbocycles. The number of aromatic nitrogens is 2. The number of aryl methyl sites for hydroxylation is 1. The number of carbonyl (C=O) groups is 1. The van der Waals surface area contributed by atoms with Crippen molar-refractivity contribution in [2.45, 2.75) is 13.3 Å². The van der Waals surface area contributed by atoms with E-state index in [0.29, 0.717) is 10.2 Å². The second-order valence-electron chi connectivity index (χ2n) is 4.38. The van der Waals surface area contributed by atoms with Crippen LogP contribution in [0.5, 0.6) is 0 Å². The molecule has 0 radical (unpaired) electrons. The second-order valence-corrected chi connectivity index (χ2v) is 6.65. The van der Waals surface area contributed by atoms with Crippen molar-refractivity contribution in [1.82, 2.24) is 9.97 Å². The SMILES string of the molecule is Cc1nc(N2CC(CS(=O)(=O)F)CC2=O)ncc1Br. The minimum Gasteiger partial charge on any atom is -0.280 e. The number of anilines is 1. The van der Waals surface area contributed by atoms with Gasteiger partial charge in [0.25, 0.3) is 0 Å². The Morgan fingerprint density at radius 2 is 2.26 bits per heavy atom. The third kappa shape index (κ3) is 3.47. The molecule has 1 atom stereocenters. The van der Waals surface area contributed by atoms with E-state index in [1.165, 1.54) is 11.1 Å². The van der Waals surface area contributed by atoms with Gasteiger partial charge in [-0.1, -0.05) is 0 Å². The van der Waals surface area contributed by atoms with E-state index in [0.717, 1.165) is 0 Å². The van der Waals surface area contributed by atoms with Crippen LogP contribution in [-0.2, 0) is 15.0 Å². The van der Waals surface area contributed by atoms with Gasteiger partial charge in [0.2, 0.25) is 11.9 Å². The summed E-state index contributed by atoms with van der Waals surface area (Å²) in [5.74, 6) is -1.29. The first-order chi connectivity index (χ1) is 8.76. The summed E-state index contributed by atoms with van der Waals surface area (Å²) in [6, 6.07) is 0. The average molecular weight is 352 g/mol. The van der Waals surface area contributed by atoms with Crippen LogP contribution in [0.25, 0.3) is 0 Å². The Balaban J connectivity index is 2.18. The lowest BCUT2D eigenvalue weighted by Crippen LogP contribution is -2.27. The van der Waals surface area contributed by atoms with Gasteiger partial charge >= 0.3 is 10.2 Å². The normalized spacial score (nSPS) is 20.1. The van der Waals surface area contributed by atoms with E-state index in [1.807, 2.05) is 0 Å². The lowest BCUT2D eigenvalue weighted by atomic mass is 10.1. The molecule has 2 heterocycles.